The molecule has 108 valence electrons. The third kappa shape index (κ3) is 6.12. The van der Waals surface area contributed by atoms with E-state index in [-0.39, 0.29) is 0 Å². The van der Waals surface area contributed by atoms with Gasteiger partial charge in [-0.15, -0.1) is 0 Å². The molecule has 0 aromatic heterocycles. The summed E-state index contributed by atoms with van der Waals surface area (Å²) in [6, 6.07) is 4.28. The highest BCUT2D eigenvalue weighted by Crippen LogP contribution is 2.09. The first-order valence-electron chi connectivity index (χ1n) is 6.85. The van der Waals surface area contributed by atoms with E-state index >= 15 is 0 Å². The Labute approximate surface area is 114 Å². The molecule has 19 heavy (non-hydrogen) atoms. The van der Waals surface area contributed by atoms with Crippen LogP contribution in [-0.2, 0) is 6.54 Å². The summed E-state index contributed by atoms with van der Waals surface area (Å²) in [5, 5.41) is 3.18. The van der Waals surface area contributed by atoms with Crippen LogP contribution in [0.15, 0.2) is 18.2 Å². The van der Waals surface area contributed by atoms with Crippen LogP contribution in [0, 0.1) is 11.6 Å². The number of hydrogen-bond donors (Lipinski definition) is 1. The first-order valence-corrected chi connectivity index (χ1v) is 6.85. The van der Waals surface area contributed by atoms with Gasteiger partial charge in [0, 0.05) is 24.2 Å². The number of rotatable bonds is 8. The molecule has 1 rings (SSSR count). The molecule has 1 aromatic carbocycles. The molecule has 0 bridgehead atoms. The molecule has 0 aliphatic heterocycles. The SMILES string of the molecule is CC(C)N(C)CCCCNCc1ccc(F)cc1F. The minimum absolute atomic E-state index is 0.451. The van der Waals surface area contributed by atoms with E-state index in [0.717, 1.165) is 32.0 Å². The fraction of sp³-hybridized carbons (Fsp3) is 0.600. The normalized spacial score (nSPS) is 11.5. The van der Waals surface area contributed by atoms with E-state index in [0.29, 0.717) is 18.2 Å². The summed E-state index contributed by atoms with van der Waals surface area (Å²) in [5.74, 6) is -1.01. The van der Waals surface area contributed by atoms with E-state index in [1.807, 2.05) is 0 Å². The zero-order valence-electron chi connectivity index (χ0n) is 12.0. The summed E-state index contributed by atoms with van der Waals surface area (Å²) >= 11 is 0. The van der Waals surface area contributed by atoms with Crippen molar-refractivity contribution in [2.75, 3.05) is 20.1 Å². The minimum Gasteiger partial charge on any atom is -0.313 e. The summed E-state index contributed by atoms with van der Waals surface area (Å²) in [6.07, 6.45) is 2.17. The summed E-state index contributed by atoms with van der Waals surface area (Å²) in [6.45, 7) is 6.73. The minimum atomic E-state index is -0.530. The largest absolute Gasteiger partial charge is 0.313 e. The molecule has 2 nitrogen and oxygen atoms in total. The van der Waals surface area contributed by atoms with Crippen molar-refractivity contribution in [3.05, 3.63) is 35.4 Å². The summed E-state index contributed by atoms with van der Waals surface area (Å²) < 4.78 is 26.0. The van der Waals surface area contributed by atoms with E-state index in [1.165, 1.54) is 12.1 Å². The van der Waals surface area contributed by atoms with E-state index < -0.39 is 11.6 Å². The van der Waals surface area contributed by atoms with Gasteiger partial charge in [-0.25, -0.2) is 8.78 Å². The van der Waals surface area contributed by atoms with Crippen LogP contribution >= 0.6 is 0 Å². The average Bonchev–Trinajstić information content (AvgIpc) is 2.35. The Bertz CT molecular complexity index is 380. The maximum absolute atomic E-state index is 13.3. The van der Waals surface area contributed by atoms with Gasteiger partial charge in [0.05, 0.1) is 0 Å². The number of benzene rings is 1. The number of nitrogens with zero attached hydrogens (tertiary/aromatic N) is 1. The predicted octanol–water partition coefficient (Wildman–Crippen LogP) is 3.17. The van der Waals surface area contributed by atoms with Gasteiger partial charge in [0.2, 0.25) is 0 Å². The Morgan fingerprint density at radius 1 is 1.21 bits per heavy atom. The van der Waals surface area contributed by atoms with Gasteiger partial charge in [-0.1, -0.05) is 6.07 Å². The van der Waals surface area contributed by atoms with Crippen LogP contribution in [0.5, 0.6) is 0 Å². The molecule has 0 heterocycles. The Balaban J connectivity index is 2.14. The van der Waals surface area contributed by atoms with E-state index in [2.05, 4.69) is 31.1 Å². The molecule has 0 fully saturated rings. The van der Waals surface area contributed by atoms with E-state index in [1.54, 1.807) is 0 Å². The highest BCUT2D eigenvalue weighted by atomic mass is 19.1. The molecule has 0 spiro atoms. The van der Waals surface area contributed by atoms with Crippen LogP contribution in [0.3, 0.4) is 0 Å². The highest BCUT2D eigenvalue weighted by Gasteiger charge is 2.04. The smallest absolute Gasteiger partial charge is 0.130 e. The second-order valence-corrected chi connectivity index (χ2v) is 5.19. The molecule has 0 atom stereocenters. The molecule has 0 unspecified atom stereocenters. The lowest BCUT2D eigenvalue weighted by Gasteiger charge is -2.20. The molecule has 0 aliphatic carbocycles. The standard InChI is InChI=1S/C15H24F2N2/c1-12(2)19(3)9-5-4-8-18-11-13-6-7-14(16)10-15(13)17/h6-7,10,12,18H,4-5,8-9,11H2,1-3H3. The zero-order valence-corrected chi connectivity index (χ0v) is 12.0. The molecule has 1 aromatic rings. The second kappa shape index (κ2) is 8.23. The van der Waals surface area contributed by atoms with Crippen molar-refractivity contribution in [3.8, 4) is 0 Å². The summed E-state index contributed by atoms with van der Waals surface area (Å²) in [5.41, 5.74) is 0.515. The molecular formula is C15H24F2N2. The van der Waals surface area contributed by atoms with Gasteiger partial charge < -0.3 is 10.2 Å². The molecule has 0 aliphatic rings. The molecule has 0 saturated carbocycles. The Morgan fingerprint density at radius 2 is 1.95 bits per heavy atom. The lowest BCUT2D eigenvalue weighted by Crippen LogP contribution is -2.27. The van der Waals surface area contributed by atoms with E-state index in [4.69, 9.17) is 0 Å². The lowest BCUT2D eigenvalue weighted by atomic mass is 10.2. The van der Waals surface area contributed by atoms with Crippen LogP contribution in [-0.4, -0.2) is 31.1 Å². The fourth-order valence-corrected chi connectivity index (χ4v) is 1.76. The van der Waals surface area contributed by atoms with Crippen LogP contribution in [0.25, 0.3) is 0 Å². The van der Waals surface area contributed by atoms with Gasteiger partial charge in [-0.3, -0.25) is 0 Å². The topological polar surface area (TPSA) is 15.3 Å². The van der Waals surface area contributed by atoms with Crippen LogP contribution in [0.2, 0.25) is 0 Å². The van der Waals surface area contributed by atoms with Crippen molar-refractivity contribution >= 4 is 0 Å². The molecule has 0 radical (unpaired) electrons. The van der Waals surface area contributed by atoms with Crippen molar-refractivity contribution in [2.24, 2.45) is 0 Å². The molecule has 0 amide bonds. The van der Waals surface area contributed by atoms with Gasteiger partial charge in [0.25, 0.3) is 0 Å². The van der Waals surface area contributed by atoms with Crippen molar-refractivity contribution in [1.82, 2.24) is 10.2 Å². The Hall–Kier alpha value is -1.00. The highest BCUT2D eigenvalue weighted by molar-refractivity contribution is 5.18. The molecule has 1 N–H and O–H groups in total. The number of hydrogen-bond acceptors (Lipinski definition) is 2. The van der Waals surface area contributed by atoms with Crippen LogP contribution in [0.4, 0.5) is 8.78 Å². The third-order valence-corrected chi connectivity index (χ3v) is 3.33. The predicted molar refractivity (Wildman–Crippen MR) is 75.1 cm³/mol. The summed E-state index contributed by atoms with van der Waals surface area (Å²) in [7, 11) is 2.12. The molecular weight excluding hydrogens is 246 g/mol. The van der Waals surface area contributed by atoms with Crippen molar-refractivity contribution in [2.45, 2.75) is 39.3 Å². The van der Waals surface area contributed by atoms with Gasteiger partial charge in [-0.2, -0.15) is 0 Å². The molecule has 4 heteroatoms. The van der Waals surface area contributed by atoms with Gasteiger partial charge in [0.1, 0.15) is 11.6 Å². The van der Waals surface area contributed by atoms with Crippen LogP contribution < -0.4 is 5.32 Å². The number of halogens is 2. The second-order valence-electron chi connectivity index (χ2n) is 5.19. The average molecular weight is 270 g/mol. The fourth-order valence-electron chi connectivity index (χ4n) is 1.76. The van der Waals surface area contributed by atoms with Gasteiger partial charge >= 0.3 is 0 Å². The van der Waals surface area contributed by atoms with Gasteiger partial charge in [-0.05, 0) is 52.9 Å². The Kier molecular flexibility index (Phi) is 6.95. The number of unbranched alkanes of at least 4 members (excludes halogenated alkanes) is 1. The molecule has 0 saturated heterocycles. The number of nitrogens with one attached hydrogen (secondary N) is 1. The van der Waals surface area contributed by atoms with E-state index in [9.17, 15) is 8.78 Å². The first kappa shape index (κ1) is 16.1. The monoisotopic (exact) mass is 270 g/mol. The van der Waals surface area contributed by atoms with Crippen molar-refractivity contribution < 1.29 is 8.78 Å². The van der Waals surface area contributed by atoms with Crippen molar-refractivity contribution in [3.63, 3.8) is 0 Å². The first-order chi connectivity index (χ1) is 9.00. The third-order valence-electron chi connectivity index (χ3n) is 3.33. The maximum atomic E-state index is 13.3. The summed E-state index contributed by atoms with van der Waals surface area (Å²) in [4.78, 5) is 2.31. The quantitative estimate of drug-likeness (QED) is 0.730. The Morgan fingerprint density at radius 3 is 2.58 bits per heavy atom. The lowest BCUT2D eigenvalue weighted by molar-refractivity contribution is 0.268. The van der Waals surface area contributed by atoms with Crippen LogP contribution in [0.1, 0.15) is 32.3 Å². The zero-order chi connectivity index (χ0) is 14.3. The maximum Gasteiger partial charge on any atom is 0.130 e. The van der Waals surface area contributed by atoms with Crippen molar-refractivity contribution in [1.29, 1.82) is 0 Å². The van der Waals surface area contributed by atoms with Gasteiger partial charge in [0.15, 0.2) is 0 Å².